The van der Waals surface area contributed by atoms with Crippen LogP contribution in [0.3, 0.4) is 0 Å². The van der Waals surface area contributed by atoms with E-state index in [9.17, 15) is 12.8 Å². The molecule has 2 aliphatic heterocycles. The first-order valence-electron chi connectivity index (χ1n) is 8.09. The zero-order valence-corrected chi connectivity index (χ0v) is 14.1. The predicted molar refractivity (Wildman–Crippen MR) is 85.2 cm³/mol. The molecule has 0 aliphatic carbocycles. The van der Waals surface area contributed by atoms with E-state index in [0.717, 1.165) is 32.4 Å². The van der Waals surface area contributed by atoms with E-state index in [-0.39, 0.29) is 11.0 Å². The molecule has 5 nitrogen and oxygen atoms in total. The molecule has 0 aromatic heterocycles. The number of morpholine rings is 1. The SMILES string of the molecule is CCC1CN(S(=O)(=O)c2ccc(F)cc2)CC2(CCNCC2)O1. The Morgan fingerprint density at radius 2 is 1.96 bits per heavy atom. The molecule has 3 rings (SSSR count). The molecule has 1 N–H and O–H groups in total. The molecule has 2 fully saturated rings. The number of hydrogen-bond acceptors (Lipinski definition) is 4. The van der Waals surface area contributed by atoms with Gasteiger partial charge in [-0.25, -0.2) is 12.8 Å². The average molecular weight is 342 g/mol. The van der Waals surface area contributed by atoms with Crippen LogP contribution >= 0.6 is 0 Å². The lowest BCUT2D eigenvalue weighted by Gasteiger charge is -2.47. The molecule has 1 unspecified atom stereocenters. The topological polar surface area (TPSA) is 58.6 Å². The fourth-order valence-electron chi connectivity index (χ4n) is 3.35. The first kappa shape index (κ1) is 16.8. The van der Waals surface area contributed by atoms with E-state index in [2.05, 4.69) is 5.32 Å². The summed E-state index contributed by atoms with van der Waals surface area (Å²) in [6.07, 6.45) is 2.28. The molecular formula is C16H23FN2O3S. The van der Waals surface area contributed by atoms with Crippen molar-refractivity contribution in [2.75, 3.05) is 26.2 Å². The normalized spacial score (nSPS) is 25.6. The van der Waals surface area contributed by atoms with Crippen molar-refractivity contribution in [2.45, 2.75) is 42.8 Å². The van der Waals surface area contributed by atoms with Gasteiger partial charge in [-0.3, -0.25) is 0 Å². The molecule has 0 amide bonds. The molecule has 2 heterocycles. The van der Waals surface area contributed by atoms with E-state index in [0.29, 0.717) is 13.1 Å². The Labute approximate surface area is 136 Å². The molecule has 1 aromatic rings. The second-order valence-electron chi connectivity index (χ2n) is 6.33. The summed E-state index contributed by atoms with van der Waals surface area (Å²) >= 11 is 0. The minimum Gasteiger partial charge on any atom is -0.369 e. The molecule has 0 bridgehead atoms. The van der Waals surface area contributed by atoms with Crippen LogP contribution in [0.5, 0.6) is 0 Å². The van der Waals surface area contributed by atoms with Crippen LogP contribution in [0.25, 0.3) is 0 Å². The summed E-state index contributed by atoms with van der Waals surface area (Å²) in [6.45, 7) is 4.39. The lowest BCUT2D eigenvalue weighted by Crippen LogP contribution is -2.60. The van der Waals surface area contributed by atoms with Crippen LogP contribution in [0.4, 0.5) is 4.39 Å². The van der Waals surface area contributed by atoms with Crippen molar-refractivity contribution in [1.29, 1.82) is 0 Å². The highest BCUT2D eigenvalue weighted by Gasteiger charge is 2.44. The number of rotatable bonds is 3. The summed E-state index contributed by atoms with van der Waals surface area (Å²) in [5, 5.41) is 3.29. The number of sulfonamides is 1. The van der Waals surface area contributed by atoms with Gasteiger partial charge < -0.3 is 10.1 Å². The first-order valence-corrected chi connectivity index (χ1v) is 9.53. The maximum atomic E-state index is 13.1. The van der Waals surface area contributed by atoms with Crippen LogP contribution in [-0.4, -0.2) is 50.6 Å². The first-order chi connectivity index (χ1) is 11.0. The van der Waals surface area contributed by atoms with Crippen LogP contribution < -0.4 is 5.32 Å². The Hall–Kier alpha value is -1.02. The number of ether oxygens (including phenoxy) is 1. The quantitative estimate of drug-likeness (QED) is 0.909. The van der Waals surface area contributed by atoms with Gasteiger partial charge in [-0.1, -0.05) is 6.92 Å². The highest BCUT2D eigenvalue weighted by Crippen LogP contribution is 2.33. The maximum Gasteiger partial charge on any atom is 0.243 e. The average Bonchev–Trinajstić information content (AvgIpc) is 2.55. The second-order valence-corrected chi connectivity index (χ2v) is 8.27. The van der Waals surface area contributed by atoms with Crippen molar-refractivity contribution >= 4 is 10.0 Å². The van der Waals surface area contributed by atoms with Crippen LogP contribution in [-0.2, 0) is 14.8 Å². The third-order valence-electron chi connectivity index (χ3n) is 4.71. The minimum absolute atomic E-state index is 0.0999. The summed E-state index contributed by atoms with van der Waals surface area (Å²) in [6, 6.07) is 5.03. The minimum atomic E-state index is -3.63. The zero-order valence-electron chi connectivity index (χ0n) is 13.3. The number of nitrogens with zero attached hydrogens (tertiary/aromatic N) is 1. The van der Waals surface area contributed by atoms with Gasteiger partial charge in [-0.15, -0.1) is 0 Å². The summed E-state index contributed by atoms with van der Waals surface area (Å²) in [7, 11) is -3.63. The Morgan fingerprint density at radius 1 is 1.30 bits per heavy atom. The fraction of sp³-hybridized carbons (Fsp3) is 0.625. The van der Waals surface area contributed by atoms with Crippen molar-refractivity contribution in [3.8, 4) is 0 Å². The van der Waals surface area contributed by atoms with Crippen molar-refractivity contribution in [1.82, 2.24) is 9.62 Å². The summed E-state index contributed by atoms with van der Waals surface area (Å²) in [5.41, 5.74) is -0.405. The summed E-state index contributed by atoms with van der Waals surface area (Å²) in [4.78, 5) is 0.139. The number of benzene rings is 1. The van der Waals surface area contributed by atoms with Crippen molar-refractivity contribution in [2.24, 2.45) is 0 Å². The molecule has 2 saturated heterocycles. The molecular weight excluding hydrogens is 319 g/mol. The molecule has 23 heavy (non-hydrogen) atoms. The highest BCUT2D eigenvalue weighted by atomic mass is 32.2. The lowest BCUT2D eigenvalue weighted by atomic mass is 9.90. The molecule has 0 radical (unpaired) electrons. The lowest BCUT2D eigenvalue weighted by molar-refractivity contribution is -0.150. The molecule has 128 valence electrons. The monoisotopic (exact) mass is 342 g/mol. The van der Waals surface area contributed by atoms with Gasteiger partial charge in [-0.05, 0) is 56.6 Å². The molecule has 1 aromatic carbocycles. The van der Waals surface area contributed by atoms with Gasteiger partial charge in [-0.2, -0.15) is 4.31 Å². The van der Waals surface area contributed by atoms with Gasteiger partial charge in [0, 0.05) is 13.1 Å². The van der Waals surface area contributed by atoms with Gasteiger partial charge in [0.15, 0.2) is 0 Å². The summed E-state index contributed by atoms with van der Waals surface area (Å²) < 4.78 is 46.7. The molecule has 2 aliphatic rings. The maximum absolute atomic E-state index is 13.1. The van der Waals surface area contributed by atoms with Gasteiger partial charge in [0.25, 0.3) is 0 Å². The highest BCUT2D eigenvalue weighted by molar-refractivity contribution is 7.89. The van der Waals surface area contributed by atoms with Gasteiger partial charge in [0.05, 0.1) is 16.6 Å². The largest absolute Gasteiger partial charge is 0.369 e. The van der Waals surface area contributed by atoms with E-state index >= 15 is 0 Å². The molecule has 1 atom stereocenters. The van der Waals surface area contributed by atoms with Crippen molar-refractivity contribution in [3.63, 3.8) is 0 Å². The smallest absolute Gasteiger partial charge is 0.243 e. The second kappa shape index (κ2) is 6.47. The van der Waals surface area contributed by atoms with Crippen LogP contribution in [0.2, 0.25) is 0 Å². The van der Waals surface area contributed by atoms with E-state index < -0.39 is 21.4 Å². The van der Waals surface area contributed by atoms with E-state index in [1.807, 2.05) is 6.92 Å². The number of hydrogen-bond donors (Lipinski definition) is 1. The van der Waals surface area contributed by atoms with E-state index in [4.69, 9.17) is 4.74 Å². The van der Waals surface area contributed by atoms with Crippen molar-refractivity contribution < 1.29 is 17.5 Å². The van der Waals surface area contributed by atoms with Gasteiger partial charge >= 0.3 is 0 Å². The number of piperidine rings is 1. The van der Waals surface area contributed by atoms with E-state index in [1.165, 1.54) is 28.6 Å². The van der Waals surface area contributed by atoms with Crippen molar-refractivity contribution in [3.05, 3.63) is 30.1 Å². The van der Waals surface area contributed by atoms with E-state index in [1.54, 1.807) is 0 Å². The van der Waals surface area contributed by atoms with Crippen LogP contribution in [0, 0.1) is 5.82 Å². The Balaban J connectivity index is 1.89. The van der Waals surface area contributed by atoms with Gasteiger partial charge in [0.2, 0.25) is 10.0 Å². The number of halogens is 1. The van der Waals surface area contributed by atoms with Crippen LogP contribution in [0.1, 0.15) is 26.2 Å². The number of nitrogens with one attached hydrogen (secondary N) is 1. The molecule has 0 saturated carbocycles. The summed E-state index contributed by atoms with van der Waals surface area (Å²) in [5.74, 6) is -0.438. The molecule has 7 heteroatoms. The molecule has 1 spiro atoms. The van der Waals surface area contributed by atoms with Crippen LogP contribution in [0.15, 0.2) is 29.2 Å². The standard InChI is InChI=1S/C16H23FN2O3S/c1-2-14-11-19(12-16(22-14)7-9-18-10-8-16)23(20,21)15-5-3-13(17)4-6-15/h3-6,14,18H,2,7-12H2,1H3. The van der Waals surface area contributed by atoms with Gasteiger partial charge in [0.1, 0.15) is 5.82 Å². The Morgan fingerprint density at radius 3 is 2.57 bits per heavy atom. The zero-order chi connectivity index (χ0) is 16.5. The predicted octanol–water partition coefficient (Wildman–Crippen LogP) is 1.75. The Kier molecular flexibility index (Phi) is 4.73. The third-order valence-corrected chi connectivity index (χ3v) is 6.54. The Bertz CT molecular complexity index is 642. The third kappa shape index (κ3) is 3.42. The fourth-order valence-corrected chi connectivity index (χ4v) is 4.90.